The maximum Gasteiger partial charge on any atom is 0.289 e. The molecule has 1 saturated heterocycles. The number of carbonyl (C=O) groups excluding carboxylic acids is 1. The molecule has 116 valence electrons. The molecule has 7 heteroatoms. The number of ether oxygens (including phenoxy) is 1. The lowest BCUT2D eigenvalue weighted by molar-refractivity contribution is 0.0509. The van der Waals surface area contributed by atoms with E-state index in [0.717, 1.165) is 12.8 Å². The molecule has 0 radical (unpaired) electrons. The number of nitrogens with zero attached hydrogens (tertiary/aromatic N) is 2. The minimum absolute atomic E-state index is 0.0870. The monoisotopic (exact) mass is 384 g/mol. The van der Waals surface area contributed by atoms with Crippen LogP contribution in [0.4, 0.5) is 0 Å². The van der Waals surface area contributed by atoms with E-state index in [0.29, 0.717) is 34.3 Å². The summed E-state index contributed by atoms with van der Waals surface area (Å²) in [7, 11) is 0. The Kier molecular flexibility index (Phi) is 4.69. The van der Waals surface area contributed by atoms with Gasteiger partial charge in [-0.3, -0.25) is 9.78 Å². The highest BCUT2D eigenvalue weighted by Crippen LogP contribution is 2.26. The summed E-state index contributed by atoms with van der Waals surface area (Å²) in [5.74, 6) is 0.797. The SMILES string of the molecule is O=C(c1ccc(Br)o1)N1CCCC(Oc2ccncc2Cl)C1. The summed E-state index contributed by atoms with van der Waals surface area (Å²) < 4.78 is 11.8. The Labute approximate surface area is 141 Å². The highest BCUT2D eigenvalue weighted by Gasteiger charge is 2.27. The molecule has 22 heavy (non-hydrogen) atoms. The minimum Gasteiger partial charge on any atom is -0.487 e. The van der Waals surface area contributed by atoms with E-state index in [1.807, 2.05) is 0 Å². The summed E-state index contributed by atoms with van der Waals surface area (Å²) in [6, 6.07) is 5.10. The summed E-state index contributed by atoms with van der Waals surface area (Å²) in [5.41, 5.74) is 0. The first-order valence-corrected chi connectivity index (χ1v) is 8.11. The highest BCUT2D eigenvalue weighted by molar-refractivity contribution is 9.10. The third-order valence-corrected chi connectivity index (χ3v) is 4.19. The van der Waals surface area contributed by atoms with Gasteiger partial charge in [-0.1, -0.05) is 11.6 Å². The second-order valence-electron chi connectivity index (χ2n) is 5.04. The zero-order valence-electron chi connectivity index (χ0n) is 11.7. The van der Waals surface area contributed by atoms with Crippen molar-refractivity contribution in [3.8, 4) is 5.75 Å². The zero-order chi connectivity index (χ0) is 15.5. The number of rotatable bonds is 3. The Morgan fingerprint density at radius 3 is 3.05 bits per heavy atom. The number of piperidine rings is 1. The molecule has 2 aromatic heterocycles. The molecular weight excluding hydrogens is 372 g/mol. The molecule has 0 aromatic carbocycles. The highest BCUT2D eigenvalue weighted by atomic mass is 79.9. The van der Waals surface area contributed by atoms with Crippen LogP contribution in [-0.4, -0.2) is 35.0 Å². The number of likely N-dealkylation sites (tertiary alicyclic amines) is 1. The maximum absolute atomic E-state index is 12.4. The fourth-order valence-corrected chi connectivity index (χ4v) is 2.91. The van der Waals surface area contributed by atoms with Crippen LogP contribution in [0.3, 0.4) is 0 Å². The summed E-state index contributed by atoms with van der Waals surface area (Å²) in [4.78, 5) is 18.1. The molecule has 0 spiro atoms. The molecule has 1 aliphatic heterocycles. The van der Waals surface area contributed by atoms with Crippen molar-refractivity contribution in [3.63, 3.8) is 0 Å². The van der Waals surface area contributed by atoms with Crippen LogP contribution in [0.25, 0.3) is 0 Å². The van der Waals surface area contributed by atoms with Crippen LogP contribution in [0.1, 0.15) is 23.4 Å². The first kappa shape index (κ1) is 15.4. The third kappa shape index (κ3) is 3.44. The van der Waals surface area contributed by atoms with E-state index in [2.05, 4.69) is 20.9 Å². The second kappa shape index (κ2) is 6.71. The van der Waals surface area contributed by atoms with Gasteiger partial charge in [-0.15, -0.1) is 0 Å². The van der Waals surface area contributed by atoms with Gasteiger partial charge in [0.15, 0.2) is 10.4 Å². The largest absolute Gasteiger partial charge is 0.487 e. The zero-order valence-corrected chi connectivity index (χ0v) is 14.0. The van der Waals surface area contributed by atoms with Gasteiger partial charge in [-0.2, -0.15) is 0 Å². The molecule has 0 saturated carbocycles. The van der Waals surface area contributed by atoms with Crippen LogP contribution in [0, 0.1) is 0 Å². The fourth-order valence-electron chi connectivity index (χ4n) is 2.44. The van der Waals surface area contributed by atoms with Gasteiger partial charge in [0, 0.05) is 25.0 Å². The van der Waals surface area contributed by atoms with E-state index in [-0.39, 0.29) is 12.0 Å². The molecule has 1 unspecified atom stereocenters. The van der Waals surface area contributed by atoms with Crippen molar-refractivity contribution < 1.29 is 13.9 Å². The molecule has 2 aromatic rings. The number of halogens is 2. The normalized spacial score (nSPS) is 18.3. The minimum atomic E-state index is -0.125. The molecule has 0 aliphatic carbocycles. The van der Waals surface area contributed by atoms with E-state index in [1.54, 1.807) is 35.5 Å². The van der Waals surface area contributed by atoms with Crippen molar-refractivity contribution in [2.45, 2.75) is 18.9 Å². The number of aromatic nitrogens is 1. The van der Waals surface area contributed by atoms with Crippen molar-refractivity contribution in [1.29, 1.82) is 0 Å². The van der Waals surface area contributed by atoms with E-state index >= 15 is 0 Å². The molecular formula is C15H14BrClN2O3. The van der Waals surface area contributed by atoms with Gasteiger partial charge in [0.2, 0.25) is 0 Å². The molecule has 1 amide bonds. The summed E-state index contributed by atoms with van der Waals surface area (Å²) >= 11 is 9.26. The number of furan rings is 1. The quantitative estimate of drug-likeness (QED) is 0.807. The lowest BCUT2D eigenvalue weighted by atomic mass is 10.1. The Bertz CT molecular complexity index is 676. The number of pyridine rings is 1. The Hall–Kier alpha value is -1.53. The Balaban J connectivity index is 1.67. The molecule has 0 N–H and O–H groups in total. The van der Waals surface area contributed by atoms with Crippen LogP contribution in [-0.2, 0) is 0 Å². The average molecular weight is 386 g/mol. The van der Waals surface area contributed by atoms with Gasteiger partial charge < -0.3 is 14.1 Å². The van der Waals surface area contributed by atoms with Gasteiger partial charge in [0.1, 0.15) is 16.9 Å². The van der Waals surface area contributed by atoms with E-state index in [1.165, 1.54) is 0 Å². The fraction of sp³-hybridized carbons (Fsp3) is 0.333. The lowest BCUT2D eigenvalue weighted by Gasteiger charge is -2.32. The van der Waals surface area contributed by atoms with Gasteiger partial charge >= 0.3 is 0 Å². The van der Waals surface area contributed by atoms with E-state index in [9.17, 15) is 4.79 Å². The molecule has 3 heterocycles. The first-order chi connectivity index (χ1) is 10.6. The van der Waals surface area contributed by atoms with Gasteiger partial charge in [0.05, 0.1) is 6.54 Å². The summed E-state index contributed by atoms with van der Waals surface area (Å²) in [6.45, 7) is 1.21. The molecule has 0 bridgehead atoms. The van der Waals surface area contributed by atoms with E-state index < -0.39 is 0 Å². The summed E-state index contributed by atoms with van der Waals surface area (Å²) in [5, 5.41) is 0.473. The van der Waals surface area contributed by atoms with Crippen LogP contribution in [0.2, 0.25) is 5.02 Å². The molecule has 3 rings (SSSR count). The predicted molar refractivity (Wildman–Crippen MR) is 85.2 cm³/mol. The predicted octanol–water partition coefficient (Wildman–Crippen LogP) is 3.77. The second-order valence-corrected chi connectivity index (χ2v) is 6.23. The van der Waals surface area contributed by atoms with Crippen LogP contribution < -0.4 is 4.74 Å². The Morgan fingerprint density at radius 1 is 1.45 bits per heavy atom. The summed E-state index contributed by atoms with van der Waals surface area (Å²) in [6.07, 6.45) is 4.85. The number of hydrogen-bond donors (Lipinski definition) is 0. The van der Waals surface area contributed by atoms with Crippen molar-refractivity contribution in [1.82, 2.24) is 9.88 Å². The van der Waals surface area contributed by atoms with Crippen molar-refractivity contribution >= 4 is 33.4 Å². The third-order valence-electron chi connectivity index (χ3n) is 3.48. The smallest absolute Gasteiger partial charge is 0.289 e. The standard InChI is InChI=1S/C15H14BrClN2O3/c16-14-4-3-13(22-14)15(20)19-7-1-2-10(9-19)21-12-5-6-18-8-11(12)17/h3-6,8,10H,1-2,7,9H2. The maximum atomic E-state index is 12.4. The van der Waals surface area contributed by atoms with E-state index in [4.69, 9.17) is 20.8 Å². The molecule has 1 atom stereocenters. The number of amides is 1. The molecule has 1 aliphatic rings. The van der Waals surface area contributed by atoms with Crippen LogP contribution in [0.15, 0.2) is 39.7 Å². The van der Waals surface area contributed by atoms with Crippen LogP contribution in [0.5, 0.6) is 5.75 Å². The van der Waals surface area contributed by atoms with Crippen molar-refractivity contribution in [2.24, 2.45) is 0 Å². The van der Waals surface area contributed by atoms with Crippen LogP contribution >= 0.6 is 27.5 Å². The van der Waals surface area contributed by atoms with Crippen molar-refractivity contribution in [2.75, 3.05) is 13.1 Å². The van der Waals surface area contributed by atoms with Gasteiger partial charge in [-0.05, 0) is 40.9 Å². The molecule has 1 fully saturated rings. The lowest BCUT2D eigenvalue weighted by Crippen LogP contribution is -2.44. The van der Waals surface area contributed by atoms with Gasteiger partial charge in [-0.25, -0.2) is 0 Å². The Morgan fingerprint density at radius 2 is 2.32 bits per heavy atom. The average Bonchev–Trinajstić information content (AvgIpc) is 2.96. The van der Waals surface area contributed by atoms with Gasteiger partial charge in [0.25, 0.3) is 5.91 Å². The van der Waals surface area contributed by atoms with Crippen molar-refractivity contribution in [3.05, 3.63) is 46.0 Å². The topological polar surface area (TPSA) is 55.6 Å². The molecule has 5 nitrogen and oxygen atoms in total. The number of carbonyl (C=O) groups is 1. The first-order valence-electron chi connectivity index (χ1n) is 6.94. The number of hydrogen-bond acceptors (Lipinski definition) is 4.